The summed E-state index contributed by atoms with van der Waals surface area (Å²) < 4.78 is 23.6. The molecule has 4 aromatic rings. The zero-order valence-electron chi connectivity index (χ0n) is 17.6. The molecule has 2 aliphatic rings. The van der Waals surface area contributed by atoms with Gasteiger partial charge in [0.2, 0.25) is 0 Å². The van der Waals surface area contributed by atoms with Gasteiger partial charge < -0.3 is 20.4 Å². The minimum Gasteiger partial charge on any atom is -0.384 e. The van der Waals surface area contributed by atoms with Gasteiger partial charge in [-0.3, -0.25) is 0 Å². The molecule has 0 atom stereocenters. The molecule has 32 heavy (non-hydrogen) atoms. The fraction of sp³-hybridized carbons (Fsp3) is 0.280. The molecule has 1 fully saturated rings. The van der Waals surface area contributed by atoms with Crippen LogP contribution in [0.15, 0.2) is 55.0 Å². The van der Waals surface area contributed by atoms with Crippen LogP contribution in [0.25, 0.3) is 22.2 Å². The Morgan fingerprint density at radius 2 is 1.94 bits per heavy atom. The van der Waals surface area contributed by atoms with E-state index in [1.807, 2.05) is 36.5 Å². The van der Waals surface area contributed by atoms with Crippen LogP contribution in [0.2, 0.25) is 0 Å². The molecule has 0 amide bonds. The Hall–Kier alpha value is -3.45. The lowest BCUT2D eigenvalue weighted by atomic mass is 9.89. The minimum absolute atomic E-state index is 0.188. The molecule has 7 heteroatoms. The van der Waals surface area contributed by atoms with Gasteiger partial charge in [0.25, 0.3) is 0 Å². The number of nitrogen functional groups attached to an aromatic ring is 1. The van der Waals surface area contributed by atoms with Crippen molar-refractivity contribution in [2.75, 3.05) is 17.6 Å². The van der Waals surface area contributed by atoms with Gasteiger partial charge in [0.15, 0.2) is 0 Å². The molecule has 2 aromatic heterocycles. The van der Waals surface area contributed by atoms with Crippen LogP contribution in [0.3, 0.4) is 0 Å². The number of ether oxygens (including phenoxy) is 1. The predicted octanol–water partition coefficient (Wildman–Crippen LogP) is 4.71. The second-order valence-electron chi connectivity index (χ2n) is 8.58. The van der Waals surface area contributed by atoms with Gasteiger partial charge in [0.1, 0.15) is 23.6 Å². The van der Waals surface area contributed by atoms with Crippen molar-refractivity contribution in [1.29, 1.82) is 0 Å². The number of nitrogens with zero attached hydrogens (tertiary/aromatic N) is 3. The van der Waals surface area contributed by atoms with E-state index in [-0.39, 0.29) is 18.0 Å². The molecule has 3 heterocycles. The first-order chi connectivity index (χ1) is 15.7. The average molecular weight is 429 g/mol. The molecule has 3 N–H and O–H groups in total. The third kappa shape index (κ3) is 3.12. The zero-order valence-corrected chi connectivity index (χ0v) is 17.6. The molecule has 162 valence electrons. The first kappa shape index (κ1) is 19.3. The summed E-state index contributed by atoms with van der Waals surface area (Å²) >= 11 is 0. The first-order valence-corrected chi connectivity index (χ1v) is 11.0. The van der Waals surface area contributed by atoms with Gasteiger partial charge in [-0.2, -0.15) is 0 Å². The Balaban J connectivity index is 1.30. The number of fused-ring (bicyclic) bond motifs is 2. The number of halogens is 1. The van der Waals surface area contributed by atoms with Gasteiger partial charge in [0.05, 0.1) is 18.1 Å². The predicted molar refractivity (Wildman–Crippen MR) is 123 cm³/mol. The molecular weight excluding hydrogens is 405 g/mol. The SMILES string of the molecule is Nc1ncnc2c1c(-c1ccc3c(c1F)CCN3)cn2C1CC(OCc2ccccc2)C1. The molecule has 6 nitrogen and oxygen atoms in total. The smallest absolute Gasteiger partial charge is 0.146 e. The fourth-order valence-corrected chi connectivity index (χ4v) is 4.84. The van der Waals surface area contributed by atoms with Crippen LogP contribution in [-0.2, 0) is 17.8 Å². The fourth-order valence-electron chi connectivity index (χ4n) is 4.84. The number of nitrogens with two attached hydrogens (primary N) is 1. The summed E-state index contributed by atoms with van der Waals surface area (Å²) in [5.74, 6) is 0.186. The van der Waals surface area contributed by atoms with E-state index in [4.69, 9.17) is 10.5 Å². The summed E-state index contributed by atoms with van der Waals surface area (Å²) in [4.78, 5) is 8.69. The molecule has 1 saturated carbocycles. The van der Waals surface area contributed by atoms with Crippen molar-refractivity contribution in [1.82, 2.24) is 14.5 Å². The summed E-state index contributed by atoms with van der Waals surface area (Å²) in [5, 5.41) is 3.94. The van der Waals surface area contributed by atoms with Gasteiger partial charge in [-0.15, -0.1) is 0 Å². The molecular formula is C25H24FN5O. The Morgan fingerprint density at radius 1 is 1.09 bits per heavy atom. The second-order valence-corrected chi connectivity index (χ2v) is 8.58. The highest BCUT2D eigenvalue weighted by Crippen LogP contribution is 2.43. The lowest BCUT2D eigenvalue weighted by molar-refractivity contribution is -0.0347. The lowest BCUT2D eigenvalue weighted by Gasteiger charge is -2.36. The third-order valence-corrected chi connectivity index (χ3v) is 6.65. The Morgan fingerprint density at radius 3 is 2.78 bits per heavy atom. The first-order valence-electron chi connectivity index (χ1n) is 11.0. The van der Waals surface area contributed by atoms with Gasteiger partial charge in [-0.25, -0.2) is 14.4 Å². The number of benzene rings is 2. The summed E-state index contributed by atoms with van der Waals surface area (Å²) in [5.41, 5.74) is 11.1. The number of nitrogens with one attached hydrogen (secondary N) is 1. The molecule has 1 aliphatic carbocycles. The zero-order chi connectivity index (χ0) is 21.7. The number of aromatic nitrogens is 3. The number of anilines is 2. The van der Waals surface area contributed by atoms with E-state index >= 15 is 4.39 Å². The van der Waals surface area contributed by atoms with Crippen LogP contribution < -0.4 is 11.1 Å². The molecule has 0 bridgehead atoms. The van der Waals surface area contributed by atoms with Crippen molar-refractivity contribution in [3.8, 4) is 11.1 Å². The quantitative estimate of drug-likeness (QED) is 0.481. The monoisotopic (exact) mass is 429 g/mol. The summed E-state index contributed by atoms with van der Waals surface area (Å²) in [6, 6.07) is 14.2. The Kier molecular flexibility index (Phi) is 4.57. The van der Waals surface area contributed by atoms with E-state index in [0.717, 1.165) is 41.8 Å². The second kappa shape index (κ2) is 7.60. The van der Waals surface area contributed by atoms with Crippen molar-refractivity contribution in [2.24, 2.45) is 0 Å². The maximum Gasteiger partial charge on any atom is 0.146 e. The highest BCUT2D eigenvalue weighted by molar-refractivity contribution is 6.01. The molecule has 0 saturated heterocycles. The van der Waals surface area contributed by atoms with Crippen molar-refractivity contribution >= 4 is 22.5 Å². The molecule has 2 aromatic carbocycles. The van der Waals surface area contributed by atoms with Crippen LogP contribution in [0, 0.1) is 5.82 Å². The average Bonchev–Trinajstić information content (AvgIpc) is 3.40. The van der Waals surface area contributed by atoms with Crippen LogP contribution in [0.1, 0.15) is 30.0 Å². The lowest BCUT2D eigenvalue weighted by Crippen LogP contribution is -2.33. The van der Waals surface area contributed by atoms with E-state index in [1.54, 1.807) is 0 Å². The molecule has 0 unspecified atom stereocenters. The highest BCUT2D eigenvalue weighted by Gasteiger charge is 2.33. The molecule has 0 spiro atoms. The maximum absolute atomic E-state index is 15.4. The largest absolute Gasteiger partial charge is 0.384 e. The van der Waals surface area contributed by atoms with E-state index in [0.29, 0.717) is 29.8 Å². The topological polar surface area (TPSA) is 78.0 Å². The van der Waals surface area contributed by atoms with Gasteiger partial charge in [-0.05, 0) is 37.0 Å². The normalized spacial score (nSPS) is 19.5. The van der Waals surface area contributed by atoms with E-state index < -0.39 is 0 Å². The van der Waals surface area contributed by atoms with Crippen molar-refractivity contribution in [3.63, 3.8) is 0 Å². The summed E-state index contributed by atoms with van der Waals surface area (Å²) in [7, 11) is 0. The van der Waals surface area contributed by atoms with E-state index in [2.05, 4.69) is 32.0 Å². The summed E-state index contributed by atoms with van der Waals surface area (Å²) in [6.07, 6.45) is 6.11. The van der Waals surface area contributed by atoms with E-state index in [1.165, 1.54) is 11.9 Å². The van der Waals surface area contributed by atoms with Gasteiger partial charge >= 0.3 is 0 Å². The van der Waals surface area contributed by atoms with Crippen LogP contribution in [0.4, 0.5) is 15.9 Å². The number of rotatable bonds is 5. The minimum atomic E-state index is -0.188. The Bertz CT molecular complexity index is 1300. The summed E-state index contributed by atoms with van der Waals surface area (Å²) in [6.45, 7) is 1.37. The standard InChI is InChI=1S/C25H24FN5O/c26-23-18(6-7-21-19(23)8-9-28-21)20-12-31(25-22(20)24(27)29-14-30-25)16-10-17(11-16)32-13-15-4-2-1-3-5-15/h1-7,12,14,16-17,28H,8-11,13H2,(H2,27,29,30). The van der Waals surface area contributed by atoms with Crippen molar-refractivity contribution < 1.29 is 9.13 Å². The number of hydrogen-bond donors (Lipinski definition) is 2. The Labute approximate surface area is 185 Å². The van der Waals surface area contributed by atoms with Crippen LogP contribution in [-0.4, -0.2) is 27.2 Å². The van der Waals surface area contributed by atoms with Crippen LogP contribution in [0.5, 0.6) is 0 Å². The van der Waals surface area contributed by atoms with Crippen molar-refractivity contribution in [2.45, 2.75) is 38.0 Å². The van der Waals surface area contributed by atoms with Gasteiger partial charge in [0, 0.05) is 41.2 Å². The van der Waals surface area contributed by atoms with Crippen molar-refractivity contribution in [3.05, 3.63) is 71.9 Å². The van der Waals surface area contributed by atoms with E-state index in [9.17, 15) is 0 Å². The maximum atomic E-state index is 15.4. The van der Waals surface area contributed by atoms with Crippen LogP contribution >= 0.6 is 0 Å². The van der Waals surface area contributed by atoms with Gasteiger partial charge in [-0.1, -0.05) is 30.3 Å². The molecule has 1 aliphatic heterocycles. The third-order valence-electron chi connectivity index (χ3n) is 6.65. The molecule has 0 radical (unpaired) electrons. The molecule has 6 rings (SSSR count). The highest BCUT2D eigenvalue weighted by atomic mass is 19.1. The number of hydrogen-bond acceptors (Lipinski definition) is 5.